The summed E-state index contributed by atoms with van der Waals surface area (Å²) < 4.78 is 12.2. The van der Waals surface area contributed by atoms with Crippen LogP contribution in [0.5, 0.6) is 0 Å². The molecule has 2 heterocycles. The number of urea groups is 1. The lowest BCUT2D eigenvalue weighted by Gasteiger charge is -2.48. The van der Waals surface area contributed by atoms with Gasteiger partial charge < -0.3 is 30.2 Å². The third kappa shape index (κ3) is 14.0. The number of aromatic amines is 1. The second kappa shape index (κ2) is 22.3. The number of carboxylic acids is 1. The highest BCUT2D eigenvalue weighted by atomic mass is 16.7. The van der Waals surface area contributed by atoms with E-state index in [1.807, 2.05) is 48.5 Å². The predicted octanol–water partition coefficient (Wildman–Crippen LogP) is 11.8. The van der Waals surface area contributed by atoms with Gasteiger partial charge >= 0.3 is 12.0 Å². The molecule has 1 saturated heterocycles. The lowest BCUT2D eigenvalue weighted by atomic mass is 9.63. The smallest absolute Gasteiger partial charge is 0.315 e. The molecule has 1 saturated carbocycles. The number of ketones is 1. The fourth-order valence-corrected chi connectivity index (χ4v) is 8.86. The lowest BCUT2D eigenvalue weighted by molar-refractivity contribution is -0.298. The molecule has 3 unspecified atom stereocenters. The molecule has 55 heavy (non-hydrogen) atoms. The van der Waals surface area contributed by atoms with Gasteiger partial charge in [-0.05, 0) is 91.0 Å². The molecule has 0 bridgehead atoms. The van der Waals surface area contributed by atoms with Crippen molar-refractivity contribution in [1.82, 2.24) is 15.6 Å². The molecule has 1 aliphatic carbocycles. The average molecular weight is 770 g/mol. The summed E-state index contributed by atoms with van der Waals surface area (Å²) >= 11 is 0. The van der Waals surface area contributed by atoms with Crippen LogP contribution in [0.25, 0.3) is 0 Å². The molecule has 2 aliphatic rings. The third-order valence-corrected chi connectivity index (χ3v) is 12.1. The zero-order valence-electron chi connectivity index (χ0n) is 36.1. The molecule has 1 aliphatic heterocycles. The summed E-state index contributed by atoms with van der Waals surface area (Å²) in [6, 6.07) is 1.34. The van der Waals surface area contributed by atoms with Crippen molar-refractivity contribution in [3.05, 3.63) is 35.7 Å². The van der Waals surface area contributed by atoms with Crippen molar-refractivity contribution in [2.24, 2.45) is 17.3 Å². The van der Waals surface area contributed by atoms with Crippen molar-refractivity contribution >= 4 is 17.8 Å². The lowest BCUT2D eigenvalue weighted by Crippen LogP contribution is -2.63. The number of allylic oxidation sites excluding steroid dienone is 2. The first-order chi connectivity index (χ1) is 26.1. The van der Waals surface area contributed by atoms with E-state index >= 15 is 0 Å². The van der Waals surface area contributed by atoms with Crippen LogP contribution in [0.2, 0.25) is 0 Å². The summed E-state index contributed by atoms with van der Waals surface area (Å²) in [7, 11) is 0. The normalized spacial score (nSPS) is 20.5. The maximum atomic E-state index is 14.7. The van der Waals surface area contributed by atoms with Gasteiger partial charge in [-0.15, -0.1) is 0 Å². The Bertz CT molecular complexity index is 1340. The van der Waals surface area contributed by atoms with E-state index in [2.05, 4.69) is 34.7 Å². The molecule has 3 atom stereocenters. The number of rotatable bonds is 25. The number of aliphatic carboxylic acids is 1. The number of ether oxygens (including phenoxy) is 2. The van der Waals surface area contributed by atoms with Gasteiger partial charge in [0, 0.05) is 22.7 Å². The van der Waals surface area contributed by atoms with Crippen LogP contribution < -0.4 is 10.6 Å². The van der Waals surface area contributed by atoms with Crippen LogP contribution in [-0.2, 0) is 19.8 Å². The standard InChI is InChI=1S/C46H79N3O6/c1-9-11-13-14-15-16-17-18-19-20-21-22-23-27-32-44(5,6)48-42(53)49-46(35-28-25-24-26-29-35,37(41(51)52)30-12-10-2)39-36(31-33-47-39)38(50)40-43(3,4)34-54-45(7,8)55-40/h18-19,31,33,35,37,40,47H,9-17,20-30,32,34H2,1-8H3,(H,51,52)(H2,48,49,53). The van der Waals surface area contributed by atoms with Crippen molar-refractivity contribution in [3.8, 4) is 0 Å². The minimum atomic E-state index is -1.34. The summed E-state index contributed by atoms with van der Waals surface area (Å²) in [5, 5.41) is 17.6. The number of hydrogen-bond donors (Lipinski definition) is 4. The summed E-state index contributed by atoms with van der Waals surface area (Å²) in [5.41, 5.74) is -1.63. The van der Waals surface area contributed by atoms with Gasteiger partial charge in [-0.2, -0.15) is 0 Å². The van der Waals surface area contributed by atoms with Gasteiger partial charge in [0.2, 0.25) is 0 Å². The fourth-order valence-electron chi connectivity index (χ4n) is 8.86. The number of H-pyrrole nitrogens is 1. The molecule has 1 aromatic rings. The Hall–Kier alpha value is -2.65. The highest BCUT2D eigenvalue weighted by molar-refractivity contribution is 6.02. The van der Waals surface area contributed by atoms with E-state index in [-0.39, 0.29) is 11.7 Å². The summed E-state index contributed by atoms with van der Waals surface area (Å²) in [5.74, 6) is -3.28. The first-order valence-electron chi connectivity index (χ1n) is 22.1. The maximum absolute atomic E-state index is 14.7. The Morgan fingerprint density at radius 2 is 1.47 bits per heavy atom. The molecule has 1 aromatic heterocycles. The van der Waals surface area contributed by atoms with Gasteiger partial charge in [0.15, 0.2) is 11.6 Å². The molecule has 4 N–H and O–H groups in total. The van der Waals surface area contributed by atoms with Crippen LogP contribution in [0.1, 0.15) is 206 Å². The number of carboxylic acid groups (broad SMARTS) is 1. The molecule has 9 heteroatoms. The number of Topliss-reactive ketones (excluding diaryl/α,β-unsaturated/α-hetero) is 1. The van der Waals surface area contributed by atoms with Crippen LogP contribution in [0.15, 0.2) is 24.4 Å². The van der Waals surface area contributed by atoms with E-state index in [1.54, 1.807) is 12.3 Å². The number of carbonyl (C=O) groups excluding carboxylic acids is 2. The molecule has 314 valence electrons. The zero-order chi connectivity index (χ0) is 40.5. The van der Waals surface area contributed by atoms with E-state index in [4.69, 9.17) is 9.47 Å². The number of carbonyl (C=O) groups is 3. The van der Waals surface area contributed by atoms with Gasteiger partial charge in [0.05, 0.1) is 23.8 Å². The van der Waals surface area contributed by atoms with Crippen LogP contribution in [0, 0.1) is 17.3 Å². The molecule has 3 rings (SSSR count). The first kappa shape index (κ1) is 46.7. The number of aromatic nitrogens is 1. The van der Waals surface area contributed by atoms with Crippen molar-refractivity contribution in [1.29, 1.82) is 0 Å². The van der Waals surface area contributed by atoms with Crippen LogP contribution in [0.4, 0.5) is 4.79 Å². The Morgan fingerprint density at radius 1 is 0.873 bits per heavy atom. The highest BCUT2D eigenvalue weighted by Gasteiger charge is 2.55. The number of unbranched alkanes of at least 4 members (excludes halogenated alkanes) is 11. The van der Waals surface area contributed by atoms with Crippen molar-refractivity contribution in [2.45, 2.75) is 213 Å². The Kier molecular flexibility index (Phi) is 19.0. The fraction of sp³-hybridized carbons (Fsp3) is 0.804. The highest BCUT2D eigenvalue weighted by Crippen LogP contribution is 2.48. The summed E-state index contributed by atoms with van der Waals surface area (Å²) in [6.45, 7) is 16.3. The van der Waals surface area contributed by atoms with E-state index in [0.29, 0.717) is 30.7 Å². The Balaban J connectivity index is 1.79. The van der Waals surface area contributed by atoms with Crippen molar-refractivity contribution in [3.63, 3.8) is 0 Å². The Morgan fingerprint density at radius 3 is 2.09 bits per heavy atom. The zero-order valence-corrected chi connectivity index (χ0v) is 36.1. The number of nitrogens with one attached hydrogen (secondary N) is 3. The molecule has 2 fully saturated rings. The Labute approximate surface area is 334 Å². The largest absolute Gasteiger partial charge is 0.481 e. The minimum absolute atomic E-state index is 0.182. The maximum Gasteiger partial charge on any atom is 0.315 e. The molecule has 0 aromatic carbocycles. The SMILES string of the molecule is CCCCCCCCC=CCCCCCCC(C)(C)NC(=O)NC(c1[nH]ccc1C(=O)C1OC(C)(C)OCC1(C)C)(C1CCCCC1)C(CCCC)C(=O)O. The number of hydrogen-bond acceptors (Lipinski definition) is 5. The van der Waals surface area contributed by atoms with Gasteiger partial charge in [0.1, 0.15) is 6.10 Å². The topological polar surface area (TPSA) is 130 Å². The first-order valence-corrected chi connectivity index (χ1v) is 22.1. The van der Waals surface area contributed by atoms with E-state index < -0.39 is 46.3 Å². The van der Waals surface area contributed by atoms with Crippen LogP contribution in [0.3, 0.4) is 0 Å². The number of amides is 2. The summed E-state index contributed by atoms with van der Waals surface area (Å²) in [4.78, 5) is 45.9. The quantitative estimate of drug-likeness (QED) is 0.0445. The second-order valence-corrected chi connectivity index (χ2v) is 18.5. The third-order valence-electron chi connectivity index (χ3n) is 12.1. The minimum Gasteiger partial charge on any atom is -0.481 e. The molecular formula is C46H79N3O6. The van der Waals surface area contributed by atoms with Gasteiger partial charge in [-0.25, -0.2) is 4.79 Å². The van der Waals surface area contributed by atoms with E-state index in [9.17, 15) is 19.5 Å². The monoisotopic (exact) mass is 770 g/mol. The van der Waals surface area contributed by atoms with Gasteiger partial charge in [-0.1, -0.05) is 123 Å². The predicted molar refractivity (Wildman–Crippen MR) is 223 cm³/mol. The van der Waals surface area contributed by atoms with Crippen molar-refractivity contribution < 1.29 is 29.0 Å². The molecule has 2 amide bonds. The van der Waals surface area contributed by atoms with Crippen LogP contribution >= 0.6 is 0 Å². The van der Waals surface area contributed by atoms with Gasteiger partial charge in [0.25, 0.3) is 0 Å². The molecule has 0 spiro atoms. The molecule has 9 nitrogen and oxygen atoms in total. The van der Waals surface area contributed by atoms with E-state index in [0.717, 1.165) is 70.6 Å². The molecule has 0 radical (unpaired) electrons. The second-order valence-electron chi connectivity index (χ2n) is 18.5. The molecular weight excluding hydrogens is 691 g/mol. The van der Waals surface area contributed by atoms with E-state index in [1.165, 1.54) is 51.4 Å². The average Bonchev–Trinajstić information content (AvgIpc) is 3.63. The summed E-state index contributed by atoms with van der Waals surface area (Å²) in [6.07, 6.45) is 27.4. The van der Waals surface area contributed by atoms with Gasteiger partial charge in [-0.3, -0.25) is 9.59 Å². The van der Waals surface area contributed by atoms with Crippen LogP contribution in [-0.4, -0.2) is 51.9 Å². The van der Waals surface area contributed by atoms with Crippen molar-refractivity contribution in [2.75, 3.05) is 6.61 Å².